The highest BCUT2D eigenvalue weighted by molar-refractivity contribution is 7.98. The predicted molar refractivity (Wildman–Crippen MR) is 81.3 cm³/mol. The van der Waals surface area contributed by atoms with Crippen molar-refractivity contribution in [3.63, 3.8) is 0 Å². The topological polar surface area (TPSA) is 64.7 Å². The van der Waals surface area contributed by atoms with E-state index in [1.165, 1.54) is 0 Å². The molecule has 0 bridgehead atoms. The molecule has 0 radical (unpaired) electrons. The number of hydrogen-bond donors (Lipinski definition) is 0. The molecule has 10 heteroatoms. The maximum atomic E-state index is 12.6. The third-order valence-electron chi connectivity index (χ3n) is 2.83. The Labute approximate surface area is 143 Å². The Morgan fingerprint density at radius 1 is 1.12 bits per heavy atom. The number of hydrogen-bond acceptors (Lipinski definition) is 6. The lowest BCUT2D eigenvalue weighted by Crippen LogP contribution is -2.08. The number of thioether (sulfide) groups is 1. The molecule has 124 valence electrons. The van der Waals surface area contributed by atoms with E-state index in [0.29, 0.717) is 16.4 Å². The Bertz CT molecular complexity index is 856. The van der Waals surface area contributed by atoms with Gasteiger partial charge in [0, 0.05) is 6.20 Å². The van der Waals surface area contributed by atoms with Crippen LogP contribution in [0.25, 0.3) is 11.5 Å². The number of halogens is 4. The zero-order chi connectivity index (χ0) is 17.2. The van der Waals surface area contributed by atoms with Gasteiger partial charge in [0.05, 0.1) is 16.3 Å². The fourth-order valence-electron chi connectivity index (χ4n) is 1.75. The second-order valence-electron chi connectivity index (χ2n) is 4.51. The summed E-state index contributed by atoms with van der Waals surface area (Å²) < 4.78 is 42.9. The zero-order valence-electron chi connectivity index (χ0n) is 11.8. The first kappa shape index (κ1) is 16.7. The standard InChI is InChI=1S/C14H8ClF3N4OS/c15-9-4-2-1-3-8(9)12-21-11(22-23-12)7-24-13-19-6-5-10(20-13)14(16,17)18/h1-6H,7H2. The molecule has 0 aliphatic heterocycles. The van der Waals surface area contributed by atoms with E-state index >= 15 is 0 Å². The number of rotatable bonds is 4. The number of alkyl halides is 3. The second-order valence-corrected chi connectivity index (χ2v) is 5.86. The minimum Gasteiger partial charge on any atom is -0.334 e. The van der Waals surface area contributed by atoms with Crippen LogP contribution in [0.15, 0.2) is 46.2 Å². The average Bonchev–Trinajstić information content (AvgIpc) is 3.02. The first-order valence-electron chi connectivity index (χ1n) is 6.54. The molecular formula is C14H8ClF3N4OS. The van der Waals surface area contributed by atoms with Crippen LogP contribution in [0.5, 0.6) is 0 Å². The summed E-state index contributed by atoms with van der Waals surface area (Å²) in [6.07, 6.45) is -3.45. The highest BCUT2D eigenvalue weighted by atomic mass is 35.5. The third-order valence-corrected chi connectivity index (χ3v) is 4.01. The highest BCUT2D eigenvalue weighted by Gasteiger charge is 2.32. The summed E-state index contributed by atoms with van der Waals surface area (Å²) >= 11 is 7.02. The molecule has 3 rings (SSSR count). The summed E-state index contributed by atoms with van der Waals surface area (Å²) in [5, 5.41) is 4.22. The van der Waals surface area contributed by atoms with Gasteiger partial charge in [0.2, 0.25) is 0 Å². The summed E-state index contributed by atoms with van der Waals surface area (Å²) in [7, 11) is 0. The van der Waals surface area contributed by atoms with Crippen LogP contribution in [0.3, 0.4) is 0 Å². The van der Waals surface area contributed by atoms with Crippen molar-refractivity contribution in [1.29, 1.82) is 0 Å². The summed E-state index contributed by atoms with van der Waals surface area (Å²) in [5.41, 5.74) is -0.414. The molecule has 2 heterocycles. The monoisotopic (exact) mass is 372 g/mol. The maximum absolute atomic E-state index is 12.6. The summed E-state index contributed by atoms with van der Waals surface area (Å²) in [6, 6.07) is 7.77. The first-order valence-corrected chi connectivity index (χ1v) is 7.90. The van der Waals surface area contributed by atoms with E-state index in [2.05, 4.69) is 20.1 Å². The molecule has 0 saturated carbocycles. The van der Waals surface area contributed by atoms with Crippen molar-refractivity contribution in [2.24, 2.45) is 0 Å². The van der Waals surface area contributed by atoms with Crippen LogP contribution in [-0.2, 0) is 11.9 Å². The van der Waals surface area contributed by atoms with Crippen LogP contribution in [-0.4, -0.2) is 20.1 Å². The number of benzene rings is 1. The molecule has 0 aliphatic rings. The lowest BCUT2D eigenvalue weighted by atomic mass is 10.2. The highest BCUT2D eigenvalue weighted by Crippen LogP contribution is 2.29. The summed E-state index contributed by atoms with van der Waals surface area (Å²) in [4.78, 5) is 11.4. The van der Waals surface area contributed by atoms with Crippen LogP contribution in [0.4, 0.5) is 13.2 Å². The van der Waals surface area contributed by atoms with Crippen LogP contribution in [0.2, 0.25) is 5.02 Å². The lowest BCUT2D eigenvalue weighted by molar-refractivity contribution is -0.141. The smallest absolute Gasteiger partial charge is 0.334 e. The van der Waals surface area contributed by atoms with Crippen molar-refractivity contribution in [1.82, 2.24) is 20.1 Å². The Balaban J connectivity index is 1.71. The summed E-state index contributed by atoms with van der Waals surface area (Å²) in [6.45, 7) is 0. The molecule has 0 fully saturated rings. The Hall–Kier alpha value is -2.13. The zero-order valence-corrected chi connectivity index (χ0v) is 13.4. The van der Waals surface area contributed by atoms with Gasteiger partial charge < -0.3 is 4.52 Å². The van der Waals surface area contributed by atoms with Crippen LogP contribution >= 0.6 is 23.4 Å². The quantitative estimate of drug-likeness (QED) is 0.496. The van der Waals surface area contributed by atoms with Crippen LogP contribution < -0.4 is 0 Å². The molecule has 3 aromatic rings. The molecule has 24 heavy (non-hydrogen) atoms. The molecular weight excluding hydrogens is 365 g/mol. The molecule has 5 nitrogen and oxygen atoms in total. The van der Waals surface area contributed by atoms with Crippen molar-refractivity contribution >= 4 is 23.4 Å². The fraction of sp³-hybridized carbons (Fsp3) is 0.143. The molecule has 0 amide bonds. The molecule has 0 spiro atoms. The van der Waals surface area contributed by atoms with Gasteiger partial charge >= 0.3 is 6.18 Å². The van der Waals surface area contributed by atoms with Gasteiger partial charge in [-0.1, -0.05) is 40.7 Å². The lowest BCUT2D eigenvalue weighted by Gasteiger charge is -2.05. The molecule has 2 aromatic heterocycles. The van der Waals surface area contributed by atoms with Crippen molar-refractivity contribution in [3.8, 4) is 11.5 Å². The van der Waals surface area contributed by atoms with Crippen LogP contribution in [0, 0.1) is 0 Å². The van der Waals surface area contributed by atoms with Gasteiger partial charge in [-0.05, 0) is 18.2 Å². The van der Waals surface area contributed by atoms with E-state index in [4.69, 9.17) is 16.1 Å². The van der Waals surface area contributed by atoms with E-state index < -0.39 is 11.9 Å². The van der Waals surface area contributed by atoms with Gasteiger partial charge in [-0.25, -0.2) is 9.97 Å². The Morgan fingerprint density at radius 2 is 1.92 bits per heavy atom. The Kier molecular flexibility index (Phi) is 4.72. The van der Waals surface area contributed by atoms with Gasteiger partial charge in [0.1, 0.15) is 5.69 Å². The molecule has 0 saturated heterocycles. The second kappa shape index (κ2) is 6.78. The molecule has 0 atom stereocenters. The fourth-order valence-corrected chi connectivity index (χ4v) is 2.64. The van der Waals surface area contributed by atoms with Gasteiger partial charge in [-0.15, -0.1) is 0 Å². The van der Waals surface area contributed by atoms with E-state index in [1.807, 2.05) is 0 Å². The molecule has 0 aliphatic carbocycles. The normalized spacial score (nSPS) is 11.7. The number of nitrogens with zero attached hydrogens (tertiary/aromatic N) is 4. The SMILES string of the molecule is FC(F)(F)c1ccnc(SCc2noc(-c3ccccc3Cl)n2)n1. The predicted octanol–water partition coefficient (Wildman–Crippen LogP) is 4.49. The van der Waals surface area contributed by atoms with E-state index in [0.717, 1.165) is 24.0 Å². The van der Waals surface area contributed by atoms with Gasteiger partial charge in [-0.3, -0.25) is 0 Å². The third kappa shape index (κ3) is 3.85. The van der Waals surface area contributed by atoms with Crippen molar-refractivity contribution in [2.75, 3.05) is 0 Å². The van der Waals surface area contributed by atoms with Crippen molar-refractivity contribution in [2.45, 2.75) is 17.1 Å². The van der Waals surface area contributed by atoms with E-state index in [1.54, 1.807) is 24.3 Å². The van der Waals surface area contributed by atoms with E-state index in [9.17, 15) is 13.2 Å². The first-order chi connectivity index (χ1) is 11.4. The summed E-state index contributed by atoms with van der Waals surface area (Å²) in [5.74, 6) is 0.701. The maximum Gasteiger partial charge on any atom is 0.433 e. The minimum absolute atomic E-state index is 0.0195. The molecule has 0 unspecified atom stereocenters. The minimum atomic E-state index is -4.51. The van der Waals surface area contributed by atoms with Gasteiger partial charge in [0.25, 0.3) is 5.89 Å². The van der Waals surface area contributed by atoms with Crippen molar-refractivity contribution < 1.29 is 17.7 Å². The molecule has 0 N–H and O–H groups in total. The van der Waals surface area contributed by atoms with E-state index in [-0.39, 0.29) is 16.8 Å². The van der Waals surface area contributed by atoms with Crippen LogP contribution in [0.1, 0.15) is 11.5 Å². The van der Waals surface area contributed by atoms with Crippen molar-refractivity contribution in [3.05, 3.63) is 53.1 Å². The van der Waals surface area contributed by atoms with Gasteiger partial charge in [-0.2, -0.15) is 18.2 Å². The van der Waals surface area contributed by atoms with Gasteiger partial charge in [0.15, 0.2) is 11.0 Å². The molecule has 1 aromatic carbocycles. The largest absolute Gasteiger partial charge is 0.433 e. The average molecular weight is 373 g/mol. The number of aromatic nitrogens is 4. The Morgan fingerprint density at radius 3 is 2.67 bits per heavy atom.